The van der Waals surface area contributed by atoms with Crippen molar-refractivity contribution in [3.8, 4) is 0 Å². The Morgan fingerprint density at radius 1 is 1.55 bits per heavy atom. The quantitative estimate of drug-likeness (QED) is 0.500. The Morgan fingerprint density at radius 3 is 2.27 bits per heavy atom. The first kappa shape index (κ1) is 10.4. The summed E-state index contributed by atoms with van der Waals surface area (Å²) in [5, 5.41) is 3.88. The summed E-state index contributed by atoms with van der Waals surface area (Å²) in [5.74, 6) is 0. The van der Waals surface area contributed by atoms with Crippen molar-refractivity contribution >= 4 is 17.3 Å². The van der Waals surface area contributed by atoms with Gasteiger partial charge in [0, 0.05) is 14.1 Å². The van der Waals surface area contributed by atoms with Crippen LogP contribution in [0.25, 0.3) is 0 Å². The fraction of sp³-hybridized carbons (Fsp3) is 0.625. The molecule has 0 aromatic heterocycles. The van der Waals surface area contributed by atoms with Gasteiger partial charge >= 0.3 is 0 Å². The van der Waals surface area contributed by atoms with Crippen molar-refractivity contribution in [2.45, 2.75) is 19.4 Å². The summed E-state index contributed by atoms with van der Waals surface area (Å²) in [4.78, 5) is 1.86. The highest BCUT2D eigenvalue weighted by molar-refractivity contribution is 7.80. The van der Waals surface area contributed by atoms with Crippen molar-refractivity contribution in [3.05, 3.63) is 12.7 Å². The van der Waals surface area contributed by atoms with Crippen molar-refractivity contribution in [1.29, 1.82) is 0 Å². The number of thiocarbonyl (C=S) groups is 1. The Morgan fingerprint density at radius 2 is 2.00 bits per heavy atom. The van der Waals surface area contributed by atoms with E-state index in [2.05, 4.69) is 11.9 Å². The Balaban J connectivity index is 4.04. The summed E-state index contributed by atoms with van der Waals surface area (Å²) in [7, 11) is 3.82. The van der Waals surface area contributed by atoms with E-state index in [1.165, 1.54) is 0 Å². The predicted molar refractivity (Wildman–Crippen MR) is 53.7 cm³/mol. The van der Waals surface area contributed by atoms with E-state index in [0.717, 1.165) is 5.11 Å². The third-order valence-electron chi connectivity index (χ3n) is 1.35. The second-order valence-electron chi connectivity index (χ2n) is 3.25. The predicted octanol–water partition coefficient (Wildman–Crippen LogP) is 1.39. The van der Waals surface area contributed by atoms with Crippen LogP contribution >= 0.6 is 12.2 Å². The van der Waals surface area contributed by atoms with E-state index in [9.17, 15) is 0 Å². The minimum Gasteiger partial charge on any atom is -0.355 e. The van der Waals surface area contributed by atoms with Crippen LogP contribution in [0.1, 0.15) is 13.8 Å². The molecule has 0 radical (unpaired) electrons. The van der Waals surface area contributed by atoms with Crippen LogP contribution in [0.2, 0.25) is 0 Å². The molecule has 11 heavy (non-hydrogen) atoms. The molecule has 2 nitrogen and oxygen atoms in total. The molecule has 0 aliphatic rings. The van der Waals surface area contributed by atoms with Crippen molar-refractivity contribution in [3.63, 3.8) is 0 Å². The summed E-state index contributed by atoms with van der Waals surface area (Å²) in [5.41, 5.74) is -0.124. The van der Waals surface area contributed by atoms with Crippen LogP contribution in [0.4, 0.5) is 0 Å². The van der Waals surface area contributed by atoms with Gasteiger partial charge in [-0.1, -0.05) is 6.08 Å². The maximum atomic E-state index is 5.06. The number of rotatable bonds is 2. The SMILES string of the molecule is C=CC(C)(C)NC(=S)N(C)C. The summed E-state index contributed by atoms with van der Waals surface area (Å²) in [6.45, 7) is 7.75. The number of nitrogens with one attached hydrogen (secondary N) is 1. The summed E-state index contributed by atoms with van der Waals surface area (Å²) < 4.78 is 0. The molecule has 0 heterocycles. The lowest BCUT2D eigenvalue weighted by atomic mass is 10.1. The highest BCUT2D eigenvalue weighted by atomic mass is 32.1. The van der Waals surface area contributed by atoms with Gasteiger partial charge in [-0.05, 0) is 26.1 Å². The smallest absolute Gasteiger partial charge is 0.169 e. The van der Waals surface area contributed by atoms with Gasteiger partial charge in [0.05, 0.1) is 5.54 Å². The molecule has 1 N–H and O–H groups in total. The van der Waals surface area contributed by atoms with Crippen LogP contribution in [-0.4, -0.2) is 29.6 Å². The molecular weight excluding hydrogens is 156 g/mol. The van der Waals surface area contributed by atoms with Crippen LogP contribution in [0.15, 0.2) is 12.7 Å². The van der Waals surface area contributed by atoms with E-state index in [4.69, 9.17) is 12.2 Å². The van der Waals surface area contributed by atoms with E-state index in [1.54, 1.807) is 0 Å². The molecule has 0 aromatic rings. The van der Waals surface area contributed by atoms with Crippen LogP contribution in [0.3, 0.4) is 0 Å². The molecule has 0 fully saturated rings. The third-order valence-corrected chi connectivity index (χ3v) is 1.81. The van der Waals surface area contributed by atoms with Gasteiger partial charge in [-0.25, -0.2) is 0 Å². The van der Waals surface area contributed by atoms with Gasteiger partial charge in [0.15, 0.2) is 5.11 Å². The highest BCUT2D eigenvalue weighted by Gasteiger charge is 2.13. The van der Waals surface area contributed by atoms with Gasteiger partial charge in [0.25, 0.3) is 0 Å². The fourth-order valence-electron chi connectivity index (χ4n) is 0.438. The van der Waals surface area contributed by atoms with Gasteiger partial charge < -0.3 is 10.2 Å². The minimum absolute atomic E-state index is 0.124. The van der Waals surface area contributed by atoms with E-state index in [-0.39, 0.29) is 5.54 Å². The van der Waals surface area contributed by atoms with Gasteiger partial charge in [-0.15, -0.1) is 6.58 Å². The lowest BCUT2D eigenvalue weighted by Gasteiger charge is -2.26. The summed E-state index contributed by atoms with van der Waals surface area (Å²) >= 11 is 5.06. The number of hydrogen-bond donors (Lipinski definition) is 1. The zero-order valence-corrected chi connectivity index (χ0v) is 8.46. The topological polar surface area (TPSA) is 15.3 Å². The molecule has 64 valence electrons. The summed E-state index contributed by atoms with van der Waals surface area (Å²) in [6.07, 6.45) is 1.84. The fourth-order valence-corrected chi connectivity index (χ4v) is 0.701. The molecule has 0 amide bonds. The third kappa shape index (κ3) is 3.98. The molecule has 3 heteroatoms. The van der Waals surface area contributed by atoms with Crippen molar-refractivity contribution in [1.82, 2.24) is 10.2 Å². The summed E-state index contributed by atoms with van der Waals surface area (Å²) in [6, 6.07) is 0. The number of nitrogens with zero attached hydrogens (tertiary/aromatic N) is 1. The number of hydrogen-bond acceptors (Lipinski definition) is 1. The zero-order valence-electron chi connectivity index (χ0n) is 7.64. The Labute approximate surface area is 74.3 Å². The van der Waals surface area contributed by atoms with Crippen molar-refractivity contribution in [2.75, 3.05) is 14.1 Å². The van der Waals surface area contributed by atoms with Crippen LogP contribution in [0.5, 0.6) is 0 Å². The average molecular weight is 172 g/mol. The normalized spacial score (nSPS) is 10.5. The van der Waals surface area contributed by atoms with Crippen LogP contribution in [0, 0.1) is 0 Å². The van der Waals surface area contributed by atoms with Gasteiger partial charge in [0.2, 0.25) is 0 Å². The molecule has 0 rings (SSSR count). The average Bonchev–Trinajstić information content (AvgIpc) is 1.87. The molecule has 0 unspecified atom stereocenters. The van der Waals surface area contributed by atoms with E-state index in [0.29, 0.717) is 0 Å². The Bertz CT molecular complexity index is 161. The molecule has 0 aromatic carbocycles. The second kappa shape index (κ2) is 3.72. The molecule has 0 spiro atoms. The molecule has 0 saturated carbocycles. The minimum atomic E-state index is -0.124. The Hall–Kier alpha value is -0.570. The van der Waals surface area contributed by atoms with Crippen molar-refractivity contribution in [2.24, 2.45) is 0 Å². The molecule has 0 aliphatic heterocycles. The second-order valence-corrected chi connectivity index (χ2v) is 3.64. The zero-order chi connectivity index (χ0) is 9.07. The molecule has 0 saturated heterocycles. The van der Waals surface area contributed by atoms with E-state index in [1.807, 2.05) is 38.9 Å². The van der Waals surface area contributed by atoms with Crippen molar-refractivity contribution < 1.29 is 0 Å². The maximum absolute atomic E-state index is 5.06. The molecule has 0 bridgehead atoms. The lowest BCUT2D eigenvalue weighted by Crippen LogP contribution is -2.46. The molecule has 0 aliphatic carbocycles. The van der Waals surface area contributed by atoms with E-state index >= 15 is 0 Å². The highest BCUT2D eigenvalue weighted by Crippen LogP contribution is 2.02. The monoisotopic (exact) mass is 172 g/mol. The molecule has 0 atom stereocenters. The molecular formula is C8H16N2S. The lowest BCUT2D eigenvalue weighted by molar-refractivity contribution is 0.519. The van der Waals surface area contributed by atoms with E-state index < -0.39 is 0 Å². The van der Waals surface area contributed by atoms with Gasteiger partial charge in [-0.3, -0.25) is 0 Å². The first-order valence-corrected chi connectivity index (χ1v) is 3.93. The first-order chi connectivity index (χ1) is 4.89. The van der Waals surface area contributed by atoms with Crippen LogP contribution in [-0.2, 0) is 0 Å². The van der Waals surface area contributed by atoms with Crippen LogP contribution < -0.4 is 5.32 Å². The Kier molecular flexibility index (Phi) is 3.52. The standard InChI is InChI=1S/C8H16N2S/c1-6-8(2,3)9-7(11)10(4)5/h6H,1H2,2-5H3,(H,9,11). The van der Waals surface area contributed by atoms with Gasteiger partial charge in [0.1, 0.15) is 0 Å². The first-order valence-electron chi connectivity index (χ1n) is 3.52. The largest absolute Gasteiger partial charge is 0.355 e. The van der Waals surface area contributed by atoms with Gasteiger partial charge in [-0.2, -0.15) is 0 Å². The maximum Gasteiger partial charge on any atom is 0.169 e.